The van der Waals surface area contributed by atoms with Crippen LogP contribution in [0.3, 0.4) is 0 Å². The van der Waals surface area contributed by atoms with Gasteiger partial charge in [-0.1, -0.05) is 12.1 Å². The van der Waals surface area contributed by atoms with Crippen molar-refractivity contribution in [2.24, 2.45) is 0 Å². The first-order chi connectivity index (χ1) is 14.1. The molecule has 1 saturated heterocycles. The van der Waals surface area contributed by atoms with E-state index in [0.29, 0.717) is 24.4 Å². The topological polar surface area (TPSA) is 61.9 Å². The molecule has 1 aliphatic carbocycles. The Hall–Kier alpha value is -2.86. The van der Waals surface area contributed by atoms with Crippen LogP contribution in [-0.4, -0.2) is 49.5 Å². The van der Waals surface area contributed by atoms with Crippen LogP contribution in [0, 0.1) is 0 Å². The summed E-state index contributed by atoms with van der Waals surface area (Å²) < 4.78 is 5.15. The summed E-state index contributed by atoms with van der Waals surface area (Å²) in [5.41, 5.74) is 5.85. The van der Waals surface area contributed by atoms with Gasteiger partial charge in [-0.25, -0.2) is 0 Å². The molecule has 0 saturated carbocycles. The maximum Gasteiger partial charge on any atom is 0.315 e. The molecule has 1 amide bonds. The number of amides is 1. The normalized spacial score (nSPS) is 18.3. The highest BCUT2D eigenvalue weighted by molar-refractivity contribution is 5.93. The first-order valence-corrected chi connectivity index (χ1v) is 10.4. The number of esters is 1. The van der Waals surface area contributed by atoms with Crippen LogP contribution >= 0.6 is 0 Å². The average molecular weight is 391 g/mol. The third-order valence-electron chi connectivity index (χ3n) is 6.10. The lowest BCUT2D eigenvalue weighted by atomic mass is 10.1. The fourth-order valence-electron chi connectivity index (χ4n) is 4.51. The molecule has 0 unspecified atom stereocenters. The number of piperazine rings is 1. The van der Waals surface area contributed by atoms with E-state index >= 15 is 0 Å². The fraction of sp³-hybridized carbons (Fsp3) is 0.391. The van der Waals surface area contributed by atoms with Gasteiger partial charge in [0.25, 0.3) is 0 Å². The number of benzene rings is 2. The van der Waals surface area contributed by atoms with Crippen molar-refractivity contribution in [3.8, 4) is 5.75 Å². The minimum absolute atomic E-state index is 0.0414. The Kier molecular flexibility index (Phi) is 4.72. The molecule has 1 fully saturated rings. The van der Waals surface area contributed by atoms with E-state index < -0.39 is 0 Å². The van der Waals surface area contributed by atoms with Crippen molar-refractivity contribution in [2.45, 2.75) is 25.7 Å². The summed E-state index contributed by atoms with van der Waals surface area (Å²) in [7, 11) is 0. The highest BCUT2D eigenvalue weighted by Gasteiger charge is 2.22. The summed E-state index contributed by atoms with van der Waals surface area (Å²) in [4.78, 5) is 28.4. The quantitative estimate of drug-likeness (QED) is 0.641. The van der Waals surface area contributed by atoms with Crippen molar-refractivity contribution in [2.75, 3.05) is 42.9 Å². The zero-order valence-electron chi connectivity index (χ0n) is 16.4. The van der Waals surface area contributed by atoms with Crippen LogP contribution in [-0.2, 0) is 28.9 Å². The number of ether oxygens (including phenoxy) is 1. The van der Waals surface area contributed by atoms with Gasteiger partial charge in [0.05, 0.1) is 13.0 Å². The lowest BCUT2D eigenvalue weighted by Gasteiger charge is -2.36. The van der Waals surface area contributed by atoms with Gasteiger partial charge in [-0.3, -0.25) is 14.5 Å². The molecule has 1 N–H and O–H groups in total. The minimum Gasteiger partial charge on any atom is -0.426 e. The molecule has 2 aromatic rings. The standard InChI is InChI=1S/C23H25N3O3/c27-22(24-19-6-4-18-13-23(28)29-21(18)14-19)15-25-8-10-26(11-9-25)20-7-5-16-2-1-3-17(16)12-20/h4-7,12,14H,1-3,8-11,13,15H2,(H,24,27). The zero-order valence-corrected chi connectivity index (χ0v) is 16.4. The lowest BCUT2D eigenvalue weighted by molar-refractivity contribution is -0.131. The van der Waals surface area contributed by atoms with E-state index in [0.717, 1.165) is 31.7 Å². The number of hydrogen-bond acceptors (Lipinski definition) is 5. The Morgan fingerprint density at radius 3 is 2.62 bits per heavy atom. The number of carbonyl (C=O) groups excluding carboxylic acids is 2. The smallest absolute Gasteiger partial charge is 0.315 e. The van der Waals surface area contributed by atoms with Gasteiger partial charge in [-0.2, -0.15) is 0 Å². The third kappa shape index (κ3) is 3.85. The number of hydrogen-bond donors (Lipinski definition) is 1. The molecule has 2 aromatic carbocycles. The SMILES string of the molecule is O=C(CN1CCN(c2ccc3c(c2)CCC3)CC1)Nc1ccc2c(c1)OC(=O)C2. The maximum atomic E-state index is 12.5. The molecule has 5 rings (SSSR count). The Bertz CT molecular complexity index is 964. The summed E-state index contributed by atoms with van der Waals surface area (Å²) in [5.74, 6) is 0.265. The van der Waals surface area contributed by atoms with Crippen LogP contribution in [0.15, 0.2) is 36.4 Å². The van der Waals surface area contributed by atoms with Crippen LogP contribution < -0.4 is 15.0 Å². The number of anilines is 2. The van der Waals surface area contributed by atoms with Crippen LogP contribution in [0.1, 0.15) is 23.1 Å². The Morgan fingerprint density at radius 1 is 0.966 bits per heavy atom. The molecule has 0 spiro atoms. The van der Waals surface area contributed by atoms with E-state index in [2.05, 4.69) is 33.3 Å². The second kappa shape index (κ2) is 7.52. The Balaban J connectivity index is 1.13. The largest absolute Gasteiger partial charge is 0.426 e. The molecule has 2 aliphatic heterocycles. The van der Waals surface area contributed by atoms with E-state index in [1.807, 2.05) is 12.1 Å². The van der Waals surface area contributed by atoms with E-state index in [-0.39, 0.29) is 11.9 Å². The van der Waals surface area contributed by atoms with Gasteiger partial charge in [0, 0.05) is 49.2 Å². The van der Waals surface area contributed by atoms with Gasteiger partial charge in [0.1, 0.15) is 5.75 Å². The number of fused-ring (bicyclic) bond motifs is 2. The van der Waals surface area contributed by atoms with Gasteiger partial charge in [0.15, 0.2) is 0 Å². The maximum absolute atomic E-state index is 12.5. The second-order valence-corrected chi connectivity index (χ2v) is 8.09. The first-order valence-electron chi connectivity index (χ1n) is 10.4. The van der Waals surface area contributed by atoms with Gasteiger partial charge < -0.3 is 15.0 Å². The van der Waals surface area contributed by atoms with Gasteiger partial charge in [-0.15, -0.1) is 0 Å². The van der Waals surface area contributed by atoms with Gasteiger partial charge in [0.2, 0.25) is 5.91 Å². The van der Waals surface area contributed by atoms with Crippen molar-refractivity contribution in [3.63, 3.8) is 0 Å². The minimum atomic E-state index is -0.246. The van der Waals surface area contributed by atoms with Crippen LogP contribution in [0.2, 0.25) is 0 Å². The Morgan fingerprint density at radius 2 is 1.76 bits per heavy atom. The summed E-state index contributed by atoms with van der Waals surface area (Å²) in [6.45, 7) is 3.97. The molecule has 29 heavy (non-hydrogen) atoms. The monoisotopic (exact) mass is 391 g/mol. The van der Waals surface area contributed by atoms with Crippen molar-refractivity contribution < 1.29 is 14.3 Å². The fourth-order valence-corrected chi connectivity index (χ4v) is 4.51. The number of rotatable bonds is 4. The molecule has 0 radical (unpaired) electrons. The molecule has 2 heterocycles. The van der Waals surface area contributed by atoms with E-state index in [1.165, 1.54) is 36.1 Å². The van der Waals surface area contributed by atoms with Crippen molar-refractivity contribution in [3.05, 3.63) is 53.1 Å². The van der Waals surface area contributed by atoms with Crippen molar-refractivity contribution in [1.82, 2.24) is 4.90 Å². The number of nitrogens with zero attached hydrogens (tertiary/aromatic N) is 2. The average Bonchev–Trinajstić information content (AvgIpc) is 3.32. The molecular weight excluding hydrogens is 366 g/mol. The van der Waals surface area contributed by atoms with E-state index in [4.69, 9.17) is 4.74 Å². The molecule has 6 nitrogen and oxygen atoms in total. The van der Waals surface area contributed by atoms with Gasteiger partial charge >= 0.3 is 5.97 Å². The van der Waals surface area contributed by atoms with Gasteiger partial charge in [-0.05, 0) is 48.6 Å². The van der Waals surface area contributed by atoms with Crippen LogP contribution in [0.25, 0.3) is 0 Å². The second-order valence-electron chi connectivity index (χ2n) is 8.09. The number of aryl methyl sites for hydroxylation is 2. The number of nitrogens with one attached hydrogen (secondary N) is 1. The summed E-state index contributed by atoms with van der Waals surface area (Å²) in [6, 6.07) is 12.3. The Labute approximate surface area is 170 Å². The van der Waals surface area contributed by atoms with Crippen molar-refractivity contribution in [1.29, 1.82) is 0 Å². The highest BCUT2D eigenvalue weighted by Crippen LogP contribution is 2.29. The van der Waals surface area contributed by atoms with Crippen LogP contribution in [0.5, 0.6) is 5.75 Å². The molecule has 150 valence electrons. The molecule has 3 aliphatic rings. The highest BCUT2D eigenvalue weighted by atomic mass is 16.5. The van der Waals surface area contributed by atoms with Crippen LogP contribution in [0.4, 0.5) is 11.4 Å². The van der Waals surface area contributed by atoms with E-state index in [9.17, 15) is 9.59 Å². The zero-order chi connectivity index (χ0) is 19.8. The predicted molar refractivity (Wildman–Crippen MR) is 112 cm³/mol. The molecule has 0 aromatic heterocycles. The number of carbonyl (C=O) groups is 2. The third-order valence-corrected chi connectivity index (χ3v) is 6.10. The summed E-state index contributed by atoms with van der Waals surface area (Å²) in [6.07, 6.45) is 3.99. The van der Waals surface area contributed by atoms with Crippen molar-refractivity contribution >= 4 is 23.3 Å². The molecule has 0 atom stereocenters. The predicted octanol–water partition coefficient (Wildman–Crippen LogP) is 2.40. The van der Waals surface area contributed by atoms with E-state index in [1.54, 1.807) is 6.07 Å². The summed E-state index contributed by atoms with van der Waals surface area (Å²) in [5, 5.41) is 2.92. The molecule has 6 heteroatoms. The summed E-state index contributed by atoms with van der Waals surface area (Å²) >= 11 is 0. The molecule has 0 bridgehead atoms. The lowest BCUT2D eigenvalue weighted by Crippen LogP contribution is -2.48. The first kappa shape index (κ1) is 18.2. The molecular formula is C23H25N3O3.